The average Bonchev–Trinajstić information content (AvgIpc) is 2.54. The summed E-state index contributed by atoms with van der Waals surface area (Å²) in [6.45, 7) is 2.57. The maximum absolute atomic E-state index is 13.8. The molecule has 0 bridgehead atoms. The van der Waals surface area contributed by atoms with Gasteiger partial charge in [0.15, 0.2) is 0 Å². The maximum Gasteiger partial charge on any atom is 0.240 e. The van der Waals surface area contributed by atoms with Crippen LogP contribution in [0.15, 0.2) is 47.4 Å². The summed E-state index contributed by atoms with van der Waals surface area (Å²) < 4.78 is 53.9. The van der Waals surface area contributed by atoms with Crippen LogP contribution in [0, 0.1) is 18.6 Å². The van der Waals surface area contributed by atoms with Crippen LogP contribution in [0.4, 0.5) is 14.5 Å². The molecule has 0 atom stereocenters. The van der Waals surface area contributed by atoms with Gasteiger partial charge in [-0.05, 0) is 42.8 Å². The highest BCUT2D eigenvalue weighted by molar-refractivity contribution is 7.89. The van der Waals surface area contributed by atoms with Crippen LogP contribution in [0.1, 0.15) is 12.5 Å². The first-order valence-corrected chi connectivity index (χ1v) is 8.99. The van der Waals surface area contributed by atoms with Crippen LogP contribution in [-0.4, -0.2) is 27.4 Å². The van der Waals surface area contributed by atoms with Gasteiger partial charge in [0, 0.05) is 20.0 Å². The Hall–Kier alpha value is -2.32. The minimum atomic E-state index is -3.86. The predicted octanol–water partition coefficient (Wildman–Crippen LogP) is 2.60. The van der Waals surface area contributed by atoms with Crippen molar-refractivity contribution in [3.63, 3.8) is 0 Å². The van der Waals surface area contributed by atoms with Gasteiger partial charge in [-0.25, -0.2) is 21.9 Å². The monoisotopic (exact) mass is 368 g/mol. The third-order valence-electron chi connectivity index (χ3n) is 3.59. The number of hydrogen-bond donors (Lipinski definition) is 1. The molecule has 1 amide bonds. The van der Waals surface area contributed by atoms with Crippen molar-refractivity contribution in [2.24, 2.45) is 0 Å². The van der Waals surface area contributed by atoms with Crippen molar-refractivity contribution in [3.8, 4) is 0 Å². The highest BCUT2D eigenvalue weighted by Crippen LogP contribution is 2.19. The van der Waals surface area contributed by atoms with Gasteiger partial charge in [0.05, 0.1) is 10.6 Å². The summed E-state index contributed by atoms with van der Waals surface area (Å²) in [4.78, 5) is 12.8. The molecule has 0 heterocycles. The number of amides is 1. The number of hydrogen-bond acceptors (Lipinski definition) is 3. The average molecular weight is 368 g/mol. The molecule has 0 aliphatic rings. The Labute approximate surface area is 145 Å². The van der Waals surface area contributed by atoms with Crippen molar-refractivity contribution in [1.82, 2.24) is 4.72 Å². The molecular weight excluding hydrogens is 350 g/mol. The fourth-order valence-corrected chi connectivity index (χ4v) is 3.38. The lowest BCUT2D eigenvalue weighted by atomic mass is 10.2. The van der Waals surface area contributed by atoms with Gasteiger partial charge in [-0.15, -0.1) is 0 Å². The Morgan fingerprint density at radius 2 is 1.80 bits per heavy atom. The Kier molecular flexibility index (Phi) is 5.86. The molecule has 0 aromatic heterocycles. The zero-order valence-corrected chi connectivity index (χ0v) is 14.6. The van der Waals surface area contributed by atoms with Gasteiger partial charge in [0.1, 0.15) is 11.6 Å². The second-order valence-corrected chi connectivity index (χ2v) is 7.20. The number of benzene rings is 2. The summed E-state index contributed by atoms with van der Waals surface area (Å²) >= 11 is 0. The van der Waals surface area contributed by atoms with Gasteiger partial charge >= 0.3 is 0 Å². The second-order valence-electron chi connectivity index (χ2n) is 5.43. The second kappa shape index (κ2) is 7.71. The number of anilines is 1. The molecule has 0 aliphatic heterocycles. The molecule has 0 spiro atoms. The summed E-state index contributed by atoms with van der Waals surface area (Å²) in [5.74, 6) is -1.49. The molecule has 0 unspecified atom stereocenters. The number of rotatable bonds is 6. The zero-order chi connectivity index (χ0) is 18.6. The normalized spacial score (nSPS) is 11.4. The molecule has 0 fully saturated rings. The number of carbonyl (C=O) groups excluding carboxylic acids is 1. The number of sulfonamides is 1. The van der Waals surface area contributed by atoms with Crippen LogP contribution < -0.4 is 9.62 Å². The molecule has 134 valence electrons. The van der Waals surface area contributed by atoms with E-state index in [4.69, 9.17) is 0 Å². The van der Waals surface area contributed by atoms with E-state index in [0.717, 1.165) is 17.0 Å². The van der Waals surface area contributed by atoms with Gasteiger partial charge in [-0.2, -0.15) is 0 Å². The lowest BCUT2D eigenvalue weighted by Crippen LogP contribution is -2.38. The van der Waals surface area contributed by atoms with Crippen molar-refractivity contribution >= 4 is 21.6 Å². The molecule has 0 saturated carbocycles. The largest absolute Gasteiger partial charge is 0.309 e. The van der Waals surface area contributed by atoms with E-state index in [0.29, 0.717) is 0 Å². The Bertz CT molecular complexity index is 885. The minimum absolute atomic E-state index is 0.0460. The predicted molar refractivity (Wildman–Crippen MR) is 90.8 cm³/mol. The SMILES string of the molecule is CC(=O)N(CCNS(=O)(=O)c1ccc(F)c(C)c1)c1ccccc1F. The number of para-hydroxylation sites is 1. The molecule has 2 rings (SSSR count). The van der Waals surface area contributed by atoms with E-state index in [1.807, 2.05) is 0 Å². The smallest absolute Gasteiger partial charge is 0.240 e. The van der Waals surface area contributed by atoms with Gasteiger partial charge in [0.25, 0.3) is 0 Å². The molecule has 5 nitrogen and oxygen atoms in total. The Balaban J connectivity index is 2.10. The van der Waals surface area contributed by atoms with Crippen molar-refractivity contribution in [2.75, 3.05) is 18.0 Å². The van der Waals surface area contributed by atoms with E-state index < -0.39 is 27.6 Å². The Morgan fingerprint density at radius 3 is 2.40 bits per heavy atom. The van der Waals surface area contributed by atoms with Crippen molar-refractivity contribution < 1.29 is 22.0 Å². The standard InChI is InChI=1S/C17H18F2N2O3S/c1-12-11-14(7-8-15(12)18)25(23,24)20-9-10-21(13(2)22)17-6-4-3-5-16(17)19/h3-8,11,20H,9-10H2,1-2H3. The molecule has 25 heavy (non-hydrogen) atoms. The number of nitrogens with one attached hydrogen (secondary N) is 1. The first-order valence-electron chi connectivity index (χ1n) is 7.51. The first-order chi connectivity index (χ1) is 11.7. The zero-order valence-electron chi connectivity index (χ0n) is 13.8. The highest BCUT2D eigenvalue weighted by atomic mass is 32.2. The summed E-state index contributed by atoms with van der Waals surface area (Å²) in [5, 5.41) is 0. The minimum Gasteiger partial charge on any atom is -0.309 e. The quantitative estimate of drug-likeness (QED) is 0.852. The summed E-state index contributed by atoms with van der Waals surface area (Å²) in [5.41, 5.74) is 0.284. The summed E-state index contributed by atoms with van der Waals surface area (Å²) in [6.07, 6.45) is 0. The van der Waals surface area contributed by atoms with Crippen LogP contribution in [0.25, 0.3) is 0 Å². The van der Waals surface area contributed by atoms with E-state index in [2.05, 4.69) is 4.72 Å². The summed E-state index contributed by atoms with van der Waals surface area (Å²) in [7, 11) is -3.86. The van der Waals surface area contributed by atoms with E-state index >= 15 is 0 Å². The fourth-order valence-electron chi connectivity index (χ4n) is 2.28. The maximum atomic E-state index is 13.8. The molecule has 0 saturated heterocycles. The lowest BCUT2D eigenvalue weighted by molar-refractivity contribution is -0.116. The molecule has 2 aromatic rings. The van der Waals surface area contributed by atoms with Gasteiger partial charge in [0.2, 0.25) is 15.9 Å². The van der Waals surface area contributed by atoms with Gasteiger partial charge < -0.3 is 4.90 Å². The molecule has 0 aliphatic carbocycles. The van der Waals surface area contributed by atoms with Crippen LogP contribution in [0.5, 0.6) is 0 Å². The third-order valence-corrected chi connectivity index (χ3v) is 5.05. The van der Waals surface area contributed by atoms with Crippen LogP contribution in [0.3, 0.4) is 0 Å². The van der Waals surface area contributed by atoms with E-state index in [-0.39, 0.29) is 29.2 Å². The lowest BCUT2D eigenvalue weighted by Gasteiger charge is -2.21. The molecular formula is C17H18F2N2O3S. The summed E-state index contributed by atoms with van der Waals surface area (Å²) in [6, 6.07) is 9.19. The fraction of sp³-hybridized carbons (Fsp3) is 0.235. The van der Waals surface area contributed by atoms with Crippen molar-refractivity contribution in [2.45, 2.75) is 18.7 Å². The first kappa shape index (κ1) is 19.0. The van der Waals surface area contributed by atoms with Crippen molar-refractivity contribution in [1.29, 1.82) is 0 Å². The van der Waals surface area contributed by atoms with E-state index in [9.17, 15) is 22.0 Å². The number of nitrogens with zero attached hydrogens (tertiary/aromatic N) is 1. The molecule has 0 radical (unpaired) electrons. The molecule has 2 aromatic carbocycles. The van der Waals surface area contributed by atoms with Crippen LogP contribution in [0.2, 0.25) is 0 Å². The van der Waals surface area contributed by atoms with Crippen molar-refractivity contribution in [3.05, 3.63) is 59.7 Å². The number of aryl methyl sites for hydroxylation is 1. The van der Waals surface area contributed by atoms with E-state index in [1.54, 1.807) is 6.07 Å². The highest BCUT2D eigenvalue weighted by Gasteiger charge is 2.18. The van der Waals surface area contributed by atoms with E-state index in [1.165, 1.54) is 38.1 Å². The van der Waals surface area contributed by atoms with Crippen LogP contribution >= 0.6 is 0 Å². The van der Waals surface area contributed by atoms with Gasteiger partial charge in [-0.1, -0.05) is 12.1 Å². The number of carbonyl (C=O) groups is 1. The third kappa shape index (κ3) is 4.61. The topological polar surface area (TPSA) is 66.5 Å². The van der Waals surface area contributed by atoms with Gasteiger partial charge in [-0.3, -0.25) is 4.79 Å². The molecule has 1 N–H and O–H groups in total. The molecule has 8 heteroatoms. The van der Waals surface area contributed by atoms with Crippen LogP contribution in [-0.2, 0) is 14.8 Å². The Morgan fingerprint density at radius 1 is 1.12 bits per heavy atom. The number of halogens is 2.